The number of piperidine rings is 2. The summed E-state index contributed by atoms with van der Waals surface area (Å²) in [5.41, 5.74) is 15.3. The monoisotopic (exact) mass is 516 g/mol. The van der Waals surface area contributed by atoms with Gasteiger partial charge < -0.3 is 21.9 Å². The summed E-state index contributed by atoms with van der Waals surface area (Å²) in [6.07, 6.45) is 2.97. The van der Waals surface area contributed by atoms with Crippen LogP contribution in [0.15, 0.2) is 36.4 Å². The van der Waals surface area contributed by atoms with Crippen LogP contribution in [0.5, 0.6) is 0 Å². The fourth-order valence-corrected chi connectivity index (χ4v) is 7.53. The lowest BCUT2D eigenvalue weighted by Crippen LogP contribution is -2.57. The molecule has 0 aliphatic carbocycles. The minimum Gasteiger partial charge on any atom is -0.399 e. The minimum absolute atomic E-state index is 0.417. The summed E-state index contributed by atoms with van der Waals surface area (Å²) in [5.74, 6) is 0. The molecule has 6 nitrogen and oxygen atoms in total. The number of nitrogen functional groups attached to an aromatic ring is 2. The van der Waals surface area contributed by atoms with Gasteiger partial charge in [-0.25, -0.2) is 0 Å². The van der Waals surface area contributed by atoms with E-state index in [1.807, 2.05) is 12.1 Å². The van der Waals surface area contributed by atoms with Crippen molar-refractivity contribution in [1.82, 2.24) is 10.1 Å². The molecule has 0 bridgehead atoms. The number of nitrogens with two attached hydrogens (primary N) is 2. The largest absolute Gasteiger partial charge is 0.399 e. The fraction of sp³-hybridized carbons (Fsp3) is 0.500. The maximum Gasteiger partial charge on any atom is 0.0447 e. The normalized spacial score (nSPS) is 23.3. The van der Waals surface area contributed by atoms with Crippen LogP contribution in [0, 0.1) is 0 Å². The molecule has 2 fully saturated rings. The van der Waals surface area contributed by atoms with Crippen molar-refractivity contribution in [3.63, 3.8) is 0 Å². The van der Waals surface area contributed by atoms with Crippen LogP contribution in [0.25, 0.3) is 32.7 Å². The van der Waals surface area contributed by atoms with Gasteiger partial charge in [-0.3, -0.25) is 0 Å². The van der Waals surface area contributed by atoms with E-state index in [-0.39, 0.29) is 0 Å². The molecule has 2 aliphatic heterocycles. The Morgan fingerprint density at radius 3 is 1.11 bits per heavy atom. The smallest absolute Gasteiger partial charge is 0.0447 e. The van der Waals surface area contributed by atoms with Gasteiger partial charge in [0.05, 0.1) is 0 Å². The molecule has 0 atom stereocenters. The van der Waals surface area contributed by atoms with Gasteiger partial charge in [-0.2, -0.15) is 10.1 Å². The van der Waals surface area contributed by atoms with E-state index in [9.17, 15) is 10.4 Å². The highest BCUT2D eigenvalue weighted by Crippen LogP contribution is 2.42. The molecule has 6 N–H and O–H groups in total. The summed E-state index contributed by atoms with van der Waals surface area (Å²) in [4.78, 5) is 0. The summed E-state index contributed by atoms with van der Waals surface area (Å²) >= 11 is 0. The predicted octanol–water partition coefficient (Wildman–Crippen LogP) is 5.54. The number of rotatable bonds is 0. The standard InChI is InChI=1S/C32H44N4O2/c1-29(2)15-19(16-30(3,4)35(29)37)27-23-11-9-22(34)14-26(23)28(24-12-10-21(33)13-25(24)27)20-17-31(5,6)36(38)32(7,8)18-20/h9-14,37-38H,15-18,33-34H2,1-8H3. The molecular formula is C32H44N4O2. The van der Waals surface area contributed by atoms with Crippen molar-refractivity contribution in [2.75, 3.05) is 11.5 Å². The molecule has 3 aromatic carbocycles. The number of fused-ring (bicyclic) bond motifs is 2. The highest BCUT2D eigenvalue weighted by Gasteiger charge is 2.44. The van der Waals surface area contributed by atoms with Crippen molar-refractivity contribution in [2.24, 2.45) is 0 Å². The molecule has 3 aromatic rings. The first-order chi connectivity index (χ1) is 17.4. The van der Waals surface area contributed by atoms with Crippen molar-refractivity contribution in [3.8, 4) is 0 Å². The highest BCUT2D eigenvalue weighted by atomic mass is 16.5. The predicted molar refractivity (Wildman–Crippen MR) is 158 cm³/mol. The number of anilines is 2. The van der Waals surface area contributed by atoms with E-state index < -0.39 is 22.2 Å². The van der Waals surface area contributed by atoms with Crippen molar-refractivity contribution in [1.29, 1.82) is 0 Å². The summed E-state index contributed by atoms with van der Waals surface area (Å²) < 4.78 is 0. The molecule has 5 rings (SSSR count). The zero-order valence-corrected chi connectivity index (χ0v) is 24.2. The van der Waals surface area contributed by atoms with Crippen LogP contribution in [-0.2, 0) is 0 Å². The zero-order valence-electron chi connectivity index (χ0n) is 24.2. The molecule has 0 radical (unpaired) electrons. The van der Waals surface area contributed by atoms with E-state index in [1.165, 1.54) is 31.7 Å². The van der Waals surface area contributed by atoms with Crippen LogP contribution in [0.4, 0.5) is 11.4 Å². The van der Waals surface area contributed by atoms with E-state index in [4.69, 9.17) is 11.5 Å². The average molecular weight is 517 g/mol. The number of benzene rings is 3. The van der Waals surface area contributed by atoms with Crippen LogP contribution < -0.4 is 21.9 Å². The Balaban J connectivity index is 2.02. The van der Waals surface area contributed by atoms with Crippen LogP contribution >= 0.6 is 0 Å². The zero-order chi connectivity index (χ0) is 28.0. The first kappa shape index (κ1) is 26.9. The Kier molecular flexibility index (Phi) is 5.98. The Labute approximate surface area is 226 Å². The highest BCUT2D eigenvalue weighted by molar-refractivity contribution is 6.04. The third-order valence-corrected chi connectivity index (χ3v) is 8.75. The molecule has 0 spiro atoms. The minimum atomic E-state index is -0.417. The third kappa shape index (κ3) is 4.19. The first-order valence-corrected chi connectivity index (χ1v) is 13.7. The van der Waals surface area contributed by atoms with Gasteiger partial charge in [-0.05, 0) is 137 Å². The second-order valence-electron chi connectivity index (χ2n) is 14.1. The Morgan fingerprint density at radius 1 is 0.526 bits per heavy atom. The lowest BCUT2D eigenvalue weighted by Gasteiger charge is -2.50. The van der Waals surface area contributed by atoms with E-state index in [0.29, 0.717) is 0 Å². The first-order valence-electron chi connectivity index (χ1n) is 13.7. The van der Waals surface area contributed by atoms with Gasteiger partial charge in [0.2, 0.25) is 0 Å². The maximum absolute atomic E-state index is 11.0. The van der Waals surface area contributed by atoms with Gasteiger partial charge in [0.1, 0.15) is 0 Å². The van der Waals surface area contributed by atoms with Crippen LogP contribution in [-0.4, -0.2) is 42.7 Å². The Morgan fingerprint density at radius 2 is 0.816 bits per heavy atom. The van der Waals surface area contributed by atoms with E-state index >= 15 is 0 Å². The van der Waals surface area contributed by atoms with Crippen molar-refractivity contribution >= 4 is 44.1 Å². The van der Waals surface area contributed by atoms with Crippen molar-refractivity contribution in [3.05, 3.63) is 46.8 Å². The van der Waals surface area contributed by atoms with Gasteiger partial charge in [0.25, 0.3) is 0 Å². The molecule has 204 valence electrons. The van der Waals surface area contributed by atoms with Crippen molar-refractivity contribution < 1.29 is 10.4 Å². The summed E-state index contributed by atoms with van der Waals surface area (Å²) in [5, 5.41) is 32.1. The number of hydrogen-bond acceptors (Lipinski definition) is 6. The maximum atomic E-state index is 11.0. The van der Waals surface area contributed by atoms with Crippen LogP contribution in [0.1, 0.15) is 81.1 Å². The molecule has 2 saturated heterocycles. The lowest BCUT2D eigenvalue weighted by atomic mass is 9.75. The second-order valence-corrected chi connectivity index (χ2v) is 14.1. The van der Waals surface area contributed by atoms with Gasteiger partial charge in [-0.1, -0.05) is 23.3 Å². The molecule has 2 aliphatic rings. The molecule has 0 amide bonds. The molecule has 6 heteroatoms. The van der Waals surface area contributed by atoms with Crippen molar-refractivity contribution in [2.45, 2.75) is 103 Å². The molecule has 2 heterocycles. The number of hydroxylamine groups is 4. The lowest BCUT2D eigenvalue weighted by molar-refractivity contribution is -0.228. The van der Waals surface area contributed by atoms with Gasteiger partial charge in [0, 0.05) is 33.5 Å². The van der Waals surface area contributed by atoms with E-state index in [1.54, 1.807) is 0 Å². The molecular weight excluding hydrogens is 472 g/mol. The number of nitrogens with zero attached hydrogens (tertiary/aromatic N) is 2. The quantitative estimate of drug-likeness (QED) is 0.231. The van der Waals surface area contributed by atoms with Gasteiger partial charge in [0.15, 0.2) is 0 Å². The summed E-state index contributed by atoms with van der Waals surface area (Å²) in [7, 11) is 0. The van der Waals surface area contributed by atoms with Crippen LogP contribution in [0.3, 0.4) is 0 Å². The van der Waals surface area contributed by atoms with Gasteiger partial charge in [-0.15, -0.1) is 0 Å². The Bertz CT molecular complexity index is 1420. The van der Waals surface area contributed by atoms with E-state index in [0.717, 1.165) is 58.6 Å². The third-order valence-electron chi connectivity index (χ3n) is 8.75. The molecule has 0 unspecified atom stereocenters. The van der Waals surface area contributed by atoms with Crippen LogP contribution in [0.2, 0.25) is 0 Å². The average Bonchev–Trinajstić information content (AvgIpc) is 2.78. The summed E-state index contributed by atoms with van der Waals surface area (Å²) in [6, 6.07) is 12.5. The second kappa shape index (κ2) is 8.43. The van der Waals surface area contributed by atoms with Gasteiger partial charge >= 0.3 is 0 Å². The van der Waals surface area contributed by atoms with E-state index in [2.05, 4.69) is 79.7 Å². The fourth-order valence-electron chi connectivity index (χ4n) is 7.53. The molecule has 38 heavy (non-hydrogen) atoms. The SMILES string of the molecule is CC1(C)CC(=c2c3ccc(N)cc3c(=C3CC(C)(C)N(O)C(C)(C)C3)c3ccc(N)cc23)CC(C)(C)N1O. The summed E-state index contributed by atoms with van der Waals surface area (Å²) in [6.45, 7) is 16.8. The molecule has 0 aromatic heterocycles. The molecule has 0 saturated carbocycles. The number of hydrogen-bond donors (Lipinski definition) is 4. The topological polar surface area (TPSA) is 99.0 Å². The Hall–Kier alpha value is -2.64.